The fourth-order valence-electron chi connectivity index (χ4n) is 5.28. The van der Waals surface area contributed by atoms with E-state index in [2.05, 4.69) is 24.4 Å². The fourth-order valence-corrected chi connectivity index (χ4v) is 5.28. The van der Waals surface area contributed by atoms with E-state index in [9.17, 15) is 4.79 Å². The van der Waals surface area contributed by atoms with Crippen LogP contribution >= 0.6 is 0 Å². The lowest BCUT2D eigenvalue weighted by Gasteiger charge is -2.32. The number of nitrogens with one attached hydrogen (secondary N) is 1. The molecule has 5 heteroatoms. The zero-order chi connectivity index (χ0) is 25.1. The number of unbranched alkanes of at least 4 members (excludes halogenated alkanes) is 2. The number of amides is 1. The summed E-state index contributed by atoms with van der Waals surface area (Å²) in [6.07, 6.45) is 10.7. The number of carbonyl (C=O) groups excluding carboxylic acids is 1. The Bertz CT molecular complexity index is 960. The molecule has 188 valence electrons. The average molecular weight is 475 g/mol. The minimum absolute atomic E-state index is 0.0837. The van der Waals surface area contributed by atoms with Gasteiger partial charge < -0.3 is 14.6 Å². The zero-order valence-electron chi connectivity index (χ0n) is 22.2. The Morgan fingerprint density at radius 1 is 0.886 bits per heavy atom. The van der Waals surface area contributed by atoms with Gasteiger partial charge in [-0.25, -0.2) is 0 Å². The Balaban J connectivity index is 1.29. The molecule has 1 aliphatic heterocycles. The van der Waals surface area contributed by atoms with Crippen LogP contribution in [0.5, 0.6) is 0 Å². The first-order valence-electron chi connectivity index (χ1n) is 13.6. The van der Waals surface area contributed by atoms with Crippen LogP contribution in [0.1, 0.15) is 108 Å². The van der Waals surface area contributed by atoms with Gasteiger partial charge in [0.25, 0.3) is 5.91 Å². The van der Waals surface area contributed by atoms with E-state index in [1.54, 1.807) is 0 Å². The van der Waals surface area contributed by atoms with Crippen molar-refractivity contribution in [3.8, 4) is 0 Å². The van der Waals surface area contributed by atoms with E-state index in [1.165, 1.54) is 56.9 Å². The second kappa shape index (κ2) is 10.9. The Kier molecular flexibility index (Phi) is 8.07. The molecule has 1 N–H and O–H groups in total. The third-order valence-electron chi connectivity index (χ3n) is 8.40. The molecule has 0 aromatic heterocycles. The van der Waals surface area contributed by atoms with Crippen LogP contribution in [0.2, 0.25) is 0 Å². The Hall–Kier alpha value is -2.11. The van der Waals surface area contributed by atoms with Crippen molar-refractivity contribution < 1.29 is 14.1 Å². The summed E-state index contributed by atoms with van der Waals surface area (Å²) < 4.78 is 12.2. The highest BCUT2D eigenvalue weighted by atomic mass is 16.7. The van der Waals surface area contributed by atoms with E-state index in [-0.39, 0.29) is 17.1 Å². The molecule has 2 fully saturated rings. The normalized spacial score (nSPS) is 23.3. The smallest absolute Gasteiger partial charge is 0.399 e. The van der Waals surface area contributed by atoms with E-state index in [4.69, 9.17) is 9.31 Å². The molecule has 2 aromatic rings. The highest BCUT2D eigenvalue weighted by Gasteiger charge is 2.51. The highest BCUT2D eigenvalue weighted by molar-refractivity contribution is 6.62. The number of benzene rings is 2. The largest absolute Gasteiger partial charge is 0.494 e. The summed E-state index contributed by atoms with van der Waals surface area (Å²) in [6.45, 7) is 10.5. The van der Waals surface area contributed by atoms with Crippen LogP contribution in [0, 0.1) is 5.92 Å². The molecule has 4 rings (SSSR count). The summed E-state index contributed by atoms with van der Waals surface area (Å²) in [7, 11) is -0.399. The van der Waals surface area contributed by atoms with Crippen molar-refractivity contribution >= 4 is 24.2 Å². The van der Waals surface area contributed by atoms with Crippen LogP contribution in [-0.2, 0) is 9.31 Å². The minimum atomic E-state index is -0.399. The lowest BCUT2D eigenvalue weighted by Crippen LogP contribution is -2.41. The molecule has 0 unspecified atom stereocenters. The summed E-state index contributed by atoms with van der Waals surface area (Å²) in [4.78, 5) is 12.8. The summed E-state index contributed by atoms with van der Waals surface area (Å²) in [5, 5.41) is 3.02. The van der Waals surface area contributed by atoms with Gasteiger partial charge in [0, 0.05) is 11.3 Å². The predicted molar refractivity (Wildman–Crippen MR) is 145 cm³/mol. The number of hydrogen-bond acceptors (Lipinski definition) is 3. The maximum absolute atomic E-state index is 12.8. The minimum Gasteiger partial charge on any atom is -0.399 e. The zero-order valence-corrected chi connectivity index (χ0v) is 22.2. The van der Waals surface area contributed by atoms with Gasteiger partial charge in [-0.1, -0.05) is 56.9 Å². The molecular weight excluding hydrogens is 433 g/mol. The molecule has 0 atom stereocenters. The Morgan fingerprint density at radius 2 is 1.49 bits per heavy atom. The second-order valence-corrected chi connectivity index (χ2v) is 11.5. The third-order valence-corrected chi connectivity index (χ3v) is 8.40. The van der Waals surface area contributed by atoms with Crippen molar-refractivity contribution in [1.82, 2.24) is 0 Å². The molecule has 0 bridgehead atoms. The molecular formula is C30H42BNO3. The van der Waals surface area contributed by atoms with Crippen LogP contribution in [0.4, 0.5) is 5.69 Å². The Labute approximate surface area is 212 Å². The monoisotopic (exact) mass is 475 g/mol. The molecule has 1 saturated carbocycles. The van der Waals surface area contributed by atoms with Crippen molar-refractivity contribution in [2.24, 2.45) is 5.92 Å². The van der Waals surface area contributed by atoms with E-state index < -0.39 is 7.12 Å². The van der Waals surface area contributed by atoms with Gasteiger partial charge in [-0.05, 0) is 101 Å². The van der Waals surface area contributed by atoms with Crippen molar-refractivity contribution in [3.05, 3.63) is 59.7 Å². The number of anilines is 1. The summed E-state index contributed by atoms with van der Waals surface area (Å²) in [5.41, 5.74) is 3.04. The van der Waals surface area contributed by atoms with Gasteiger partial charge in [-0.3, -0.25) is 4.79 Å². The second-order valence-electron chi connectivity index (χ2n) is 11.5. The maximum atomic E-state index is 12.8. The number of carbonyl (C=O) groups is 1. The first-order chi connectivity index (χ1) is 16.7. The predicted octanol–water partition coefficient (Wildman–Crippen LogP) is 7.09. The lowest BCUT2D eigenvalue weighted by atomic mass is 9.77. The molecule has 1 saturated heterocycles. The van der Waals surface area contributed by atoms with Gasteiger partial charge in [0.1, 0.15) is 0 Å². The third kappa shape index (κ3) is 6.18. The van der Waals surface area contributed by atoms with Crippen molar-refractivity contribution in [2.75, 3.05) is 5.32 Å². The molecule has 1 aliphatic carbocycles. The highest BCUT2D eigenvalue weighted by Crippen LogP contribution is 2.38. The molecule has 4 nitrogen and oxygen atoms in total. The van der Waals surface area contributed by atoms with E-state index in [0.29, 0.717) is 11.5 Å². The van der Waals surface area contributed by atoms with Crippen LogP contribution in [0.3, 0.4) is 0 Å². The quantitative estimate of drug-likeness (QED) is 0.327. The van der Waals surface area contributed by atoms with Gasteiger partial charge in [0.15, 0.2) is 0 Å². The van der Waals surface area contributed by atoms with Gasteiger partial charge in [0.05, 0.1) is 11.2 Å². The summed E-state index contributed by atoms with van der Waals surface area (Å²) >= 11 is 0. The van der Waals surface area contributed by atoms with E-state index in [1.807, 2.05) is 64.1 Å². The molecule has 2 aromatic carbocycles. The number of hydrogen-bond donors (Lipinski definition) is 1. The van der Waals surface area contributed by atoms with Crippen molar-refractivity contribution in [2.45, 2.75) is 103 Å². The number of rotatable bonds is 8. The van der Waals surface area contributed by atoms with Gasteiger partial charge in [0.2, 0.25) is 0 Å². The topological polar surface area (TPSA) is 47.6 Å². The van der Waals surface area contributed by atoms with Crippen LogP contribution in [-0.4, -0.2) is 24.2 Å². The lowest BCUT2D eigenvalue weighted by molar-refractivity contribution is 0.00578. The summed E-state index contributed by atoms with van der Waals surface area (Å²) in [6, 6.07) is 16.0. The Morgan fingerprint density at radius 3 is 2.06 bits per heavy atom. The van der Waals surface area contributed by atoms with Crippen molar-refractivity contribution in [3.63, 3.8) is 0 Å². The molecule has 1 amide bonds. The fraction of sp³-hybridized carbons (Fsp3) is 0.567. The summed E-state index contributed by atoms with van der Waals surface area (Å²) in [5.74, 6) is 1.47. The SMILES string of the molecule is CCCCCC1CCC(c2ccc(C(=O)Nc3ccc(B4OC(C)(C)C(C)(C)O4)cc3)cc2)CC1. The maximum Gasteiger partial charge on any atom is 0.494 e. The molecule has 2 aliphatic rings. The van der Waals surface area contributed by atoms with E-state index >= 15 is 0 Å². The standard InChI is InChI=1S/C30H42BNO3/c1-6-7-8-9-22-10-12-23(13-11-22)24-14-16-25(17-15-24)28(33)32-27-20-18-26(19-21-27)31-34-29(2,3)30(4,5)35-31/h14-23H,6-13H2,1-5H3,(H,32,33). The van der Waals surface area contributed by atoms with Crippen LogP contribution < -0.4 is 10.8 Å². The van der Waals surface area contributed by atoms with Gasteiger partial charge >= 0.3 is 7.12 Å². The molecule has 0 spiro atoms. The van der Waals surface area contributed by atoms with Gasteiger partial charge in [-0.2, -0.15) is 0 Å². The first kappa shape index (κ1) is 26.0. The van der Waals surface area contributed by atoms with Gasteiger partial charge in [-0.15, -0.1) is 0 Å². The average Bonchev–Trinajstić information content (AvgIpc) is 3.07. The van der Waals surface area contributed by atoms with Crippen LogP contribution in [0.25, 0.3) is 0 Å². The van der Waals surface area contributed by atoms with Crippen LogP contribution in [0.15, 0.2) is 48.5 Å². The van der Waals surface area contributed by atoms with Crippen molar-refractivity contribution in [1.29, 1.82) is 0 Å². The first-order valence-corrected chi connectivity index (χ1v) is 13.6. The molecule has 1 heterocycles. The molecule has 0 radical (unpaired) electrons. The molecule has 35 heavy (non-hydrogen) atoms. The van der Waals surface area contributed by atoms with E-state index in [0.717, 1.165) is 17.1 Å².